The molecule has 0 fully saturated rings. The van der Waals surface area contributed by atoms with Gasteiger partial charge in [0.1, 0.15) is 12.4 Å². The van der Waals surface area contributed by atoms with Gasteiger partial charge in [0.25, 0.3) is 0 Å². The molecule has 2 N–H and O–H groups in total. The average molecular weight is 421 g/mol. The van der Waals surface area contributed by atoms with Crippen LogP contribution in [0.25, 0.3) is 0 Å². The second kappa shape index (κ2) is 12.5. The fraction of sp³-hybridized carbons (Fsp3) is 0.562. The Hall–Kier alpha value is -1.02. The maximum Gasteiger partial charge on any atom is 0.191 e. The third-order valence-electron chi connectivity index (χ3n) is 2.84. The lowest BCUT2D eigenvalue weighted by molar-refractivity contribution is 0.146. The van der Waals surface area contributed by atoms with Crippen molar-refractivity contribution in [2.24, 2.45) is 10.9 Å². The highest BCUT2D eigenvalue weighted by atomic mass is 127. The molecule has 0 amide bonds. The van der Waals surface area contributed by atoms with E-state index in [4.69, 9.17) is 9.47 Å². The van der Waals surface area contributed by atoms with Crippen LogP contribution in [-0.4, -0.2) is 39.9 Å². The third kappa shape index (κ3) is 9.09. The number of ether oxygens (including phenoxy) is 2. The lowest BCUT2D eigenvalue weighted by atomic mass is 10.2. The van der Waals surface area contributed by atoms with Gasteiger partial charge in [0.05, 0.1) is 6.61 Å². The van der Waals surface area contributed by atoms with Crippen LogP contribution in [0.5, 0.6) is 5.75 Å². The third-order valence-corrected chi connectivity index (χ3v) is 2.84. The maximum absolute atomic E-state index is 5.53. The number of nitrogens with one attached hydrogen (secondary N) is 2. The van der Waals surface area contributed by atoms with Gasteiger partial charge in [0.2, 0.25) is 0 Å². The van der Waals surface area contributed by atoms with Gasteiger partial charge < -0.3 is 20.1 Å². The summed E-state index contributed by atoms with van der Waals surface area (Å²) in [5, 5.41) is 6.58. The Labute approximate surface area is 150 Å². The number of guanidine groups is 1. The molecular formula is C16H28IN3O2. The maximum atomic E-state index is 5.53. The molecule has 0 heterocycles. The van der Waals surface area contributed by atoms with Gasteiger partial charge in [0.15, 0.2) is 5.96 Å². The zero-order valence-electron chi connectivity index (χ0n) is 13.9. The predicted molar refractivity (Wildman–Crippen MR) is 102 cm³/mol. The van der Waals surface area contributed by atoms with Crippen LogP contribution in [0.1, 0.15) is 19.4 Å². The van der Waals surface area contributed by atoms with Crippen LogP contribution >= 0.6 is 24.0 Å². The molecule has 0 atom stereocenters. The summed E-state index contributed by atoms with van der Waals surface area (Å²) in [6.45, 7) is 7.15. The summed E-state index contributed by atoms with van der Waals surface area (Å²) in [7, 11) is 3.45. The van der Waals surface area contributed by atoms with E-state index in [1.807, 2.05) is 24.3 Å². The molecule has 1 aromatic carbocycles. The van der Waals surface area contributed by atoms with E-state index in [-0.39, 0.29) is 24.0 Å². The SMILES string of the molecule is CN=C(NCc1ccc(OCCOC)cc1)NCC(C)C.I. The van der Waals surface area contributed by atoms with Crippen LogP contribution in [-0.2, 0) is 11.3 Å². The van der Waals surface area contributed by atoms with Crippen LogP contribution in [0.15, 0.2) is 29.3 Å². The van der Waals surface area contributed by atoms with Gasteiger partial charge in [0, 0.05) is 27.2 Å². The zero-order chi connectivity index (χ0) is 15.5. The van der Waals surface area contributed by atoms with Crippen LogP contribution in [0, 0.1) is 5.92 Å². The molecule has 1 aromatic rings. The van der Waals surface area contributed by atoms with Crippen molar-refractivity contribution in [3.05, 3.63) is 29.8 Å². The first-order valence-electron chi connectivity index (χ1n) is 7.31. The van der Waals surface area contributed by atoms with Crippen LogP contribution in [0.4, 0.5) is 0 Å². The van der Waals surface area contributed by atoms with Crippen molar-refractivity contribution in [3.63, 3.8) is 0 Å². The molecule has 0 radical (unpaired) electrons. The molecular weight excluding hydrogens is 393 g/mol. The van der Waals surface area contributed by atoms with E-state index in [1.165, 1.54) is 5.56 Å². The van der Waals surface area contributed by atoms with E-state index >= 15 is 0 Å². The van der Waals surface area contributed by atoms with E-state index in [2.05, 4.69) is 29.5 Å². The minimum absolute atomic E-state index is 0. The molecule has 0 unspecified atom stereocenters. The Balaban J connectivity index is 0.00000441. The number of benzene rings is 1. The minimum Gasteiger partial charge on any atom is -0.491 e. The smallest absolute Gasteiger partial charge is 0.191 e. The molecule has 22 heavy (non-hydrogen) atoms. The number of rotatable bonds is 8. The molecule has 0 bridgehead atoms. The number of methoxy groups -OCH3 is 1. The summed E-state index contributed by atoms with van der Waals surface area (Å²) in [5.41, 5.74) is 1.18. The fourth-order valence-electron chi connectivity index (χ4n) is 1.65. The molecule has 0 aliphatic heterocycles. The first-order chi connectivity index (χ1) is 10.2. The first-order valence-corrected chi connectivity index (χ1v) is 7.31. The molecule has 0 saturated heterocycles. The van der Waals surface area contributed by atoms with E-state index < -0.39 is 0 Å². The number of halogens is 1. The average Bonchev–Trinajstić information content (AvgIpc) is 2.49. The molecule has 0 aromatic heterocycles. The molecule has 1 rings (SSSR count). The van der Waals surface area contributed by atoms with Crippen molar-refractivity contribution < 1.29 is 9.47 Å². The summed E-state index contributed by atoms with van der Waals surface area (Å²) in [6.07, 6.45) is 0. The normalized spacial score (nSPS) is 11.0. The minimum atomic E-state index is 0. The second-order valence-electron chi connectivity index (χ2n) is 5.19. The highest BCUT2D eigenvalue weighted by Crippen LogP contribution is 2.11. The van der Waals surface area contributed by atoms with Gasteiger partial charge in [-0.25, -0.2) is 0 Å². The Morgan fingerprint density at radius 3 is 2.36 bits per heavy atom. The lowest BCUT2D eigenvalue weighted by Crippen LogP contribution is -2.38. The Bertz CT molecular complexity index is 422. The van der Waals surface area contributed by atoms with Crippen molar-refractivity contribution in [3.8, 4) is 5.75 Å². The van der Waals surface area contributed by atoms with E-state index in [1.54, 1.807) is 14.2 Å². The molecule has 0 aliphatic rings. The summed E-state index contributed by atoms with van der Waals surface area (Å²) >= 11 is 0. The highest BCUT2D eigenvalue weighted by molar-refractivity contribution is 14.0. The van der Waals surface area contributed by atoms with E-state index in [0.717, 1.165) is 24.8 Å². The number of hydrogen-bond acceptors (Lipinski definition) is 3. The van der Waals surface area contributed by atoms with Crippen LogP contribution in [0.2, 0.25) is 0 Å². The van der Waals surface area contributed by atoms with Gasteiger partial charge in [-0.15, -0.1) is 24.0 Å². The molecule has 126 valence electrons. The summed E-state index contributed by atoms with van der Waals surface area (Å²) < 4.78 is 10.5. The Kier molecular flexibility index (Phi) is 11.9. The van der Waals surface area contributed by atoms with E-state index in [0.29, 0.717) is 19.1 Å². The molecule has 0 aliphatic carbocycles. The quantitative estimate of drug-likeness (QED) is 0.293. The van der Waals surface area contributed by atoms with Gasteiger partial charge >= 0.3 is 0 Å². The van der Waals surface area contributed by atoms with Crippen molar-refractivity contribution in [1.29, 1.82) is 0 Å². The molecule has 0 saturated carbocycles. The Morgan fingerprint density at radius 2 is 1.82 bits per heavy atom. The molecule has 6 heteroatoms. The fourth-order valence-corrected chi connectivity index (χ4v) is 1.65. The molecule has 5 nitrogen and oxygen atoms in total. The van der Waals surface area contributed by atoms with Crippen molar-refractivity contribution in [2.75, 3.05) is 33.9 Å². The van der Waals surface area contributed by atoms with Gasteiger partial charge in [-0.1, -0.05) is 26.0 Å². The number of hydrogen-bond donors (Lipinski definition) is 2. The largest absolute Gasteiger partial charge is 0.491 e. The highest BCUT2D eigenvalue weighted by Gasteiger charge is 2.00. The number of nitrogens with zero attached hydrogens (tertiary/aromatic N) is 1. The van der Waals surface area contributed by atoms with Gasteiger partial charge in [-0.3, -0.25) is 4.99 Å². The topological polar surface area (TPSA) is 54.9 Å². The molecule has 0 spiro atoms. The lowest BCUT2D eigenvalue weighted by Gasteiger charge is -2.13. The van der Waals surface area contributed by atoms with Crippen molar-refractivity contribution in [2.45, 2.75) is 20.4 Å². The summed E-state index contributed by atoms with van der Waals surface area (Å²) in [5.74, 6) is 2.27. The van der Waals surface area contributed by atoms with E-state index in [9.17, 15) is 0 Å². The van der Waals surface area contributed by atoms with Crippen molar-refractivity contribution in [1.82, 2.24) is 10.6 Å². The summed E-state index contributed by atoms with van der Waals surface area (Å²) in [4.78, 5) is 4.20. The van der Waals surface area contributed by atoms with Gasteiger partial charge in [-0.2, -0.15) is 0 Å². The predicted octanol–water partition coefficient (Wildman–Crippen LogP) is 2.65. The Morgan fingerprint density at radius 1 is 1.14 bits per heavy atom. The number of aliphatic imine (C=N–C) groups is 1. The van der Waals surface area contributed by atoms with Crippen LogP contribution in [0.3, 0.4) is 0 Å². The van der Waals surface area contributed by atoms with Crippen molar-refractivity contribution >= 4 is 29.9 Å². The second-order valence-corrected chi connectivity index (χ2v) is 5.19. The first kappa shape index (κ1) is 21.0. The van der Waals surface area contributed by atoms with Gasteiger partial charge in [-0.05, 0) is 23.6 Å². The standard InChI is InChI=1S/C16H27N3O2.HI/c1-13(2)11-18-16(17-3)19-12-14-5-7-15(8-6-14)21-10-9-20-4;/h5-8,13H,9-12H2,1-4H3,(H2,17,18,19);1H. The van der Waals surface area contributed by atoms with Crippen LogP contribution < -0.4 is 15.4 Å². The monoisotopic (exact) mass is 421 g/mol. The zero-order valence-corrected chi connectivity index (χ0v) is 16.2. The summed E-state index contributed by atoms with van der Waals surface area (Å²) in [6, 6.07) is 8.03.